The van der Waals surface area contributed by atoms with E-state index in [1.165, 1.54) is 12.0 Å². The quantitative estimate of drug-likeness (QED) is 0.650. The van der Waals surface area contributed by atoms with Crippen molar-refractivity contribution in [2.45, 2.75) is 37.4 Å². The van der Waals surface area contributed by atoms with Crippen LogP contribution >= 0.6 is 0 Å². The van der Waals surface area contributed by atoms with Crippen molar-refractivity contribution in [1.82, 2.24) is 15.8 Å². The number of hydrogen-bond donors (Lipinski definition) is 3. The second kappa shape index (κ2) is 4.13. The van der Waals surface area contributed by atoms with Crippen molar-refractivity contribution < 1.29 is 0 Å². The fraction of sp³-hybridized carbons (Fsp3) is 0.583. The summed E-state index contributed by atoms with van der Waals surface area (Å²) in [5, 5.41) is 0. The molecule has 1 aliphatic carbocycles. The van der Waals surface area contributed by atoms with Gasteiger partial charge >= 0.3 is 0 Å². The molecule has 0 aromatic carbocycles. The minimum absolute atomic E-state index is 0.363. The van der Waals surface area contributed by atoms with Crippen LogP contribution in [0.5, 0.6) is 0 Å². The molecular formula is C12H18N4. The van der Waals surface area contributed by atoms with E-state index in [1.54, 1.807) is 0 Å². The Morgan fingerprint density at radius 1 is 1.31 bits per heavy atom. The van der Waals surface area contributed by atoms with Crippen LogP contribution in [-0.2, 0) is 0 Å². The molecule has 4 heteroatoms. The molecule has 1 aromatic heterocycles. The summed E-state index contributed by atoms with van der Waals surface area (Å²) in [7, 11) is 0. The maximum absolute atomic E-state index is 6.06. The standard InChI is InChI=1S/C12H18N4/c13-9-3-4-11-10(6-9)12(16-15-11)8-2-1-5-14-7-8/h1-2,5,7,9-12,15-16H,3-4,6,13H2. The van der Waals surface area contributed by atoms with Gasteiger partial charge in [-0.05, 0) is 36.8 Å². The van der Waals surface area contributed by atoms with E-state index in [1.807, 2.05) is 18.5 Å². The van der Waals surface area contributed by atoms with E-state index < -0.39 is 0 Å². The third-order valence-corrected chi connectivity index (χ3v) is 3.84. The monoisotopic (exact) mass is 218 g/mol. The van der Waals surface area contributed by atoms with Gasteiger partial charge in [-0.25, -0.2) is 5.43 Å². The molecule has 2 heterocycles. The highest BCUT2D eigenvalue weighted by Gasteiger charge is 2.40. The van der Waals surface area contributed by atoms with Gasteiger partial charge < -0.3 is 5.73 Å². The fourth-order valence-electron chi connectivity index (χ4n) is 2.98. The summed E-state index contributed by atoms with van der Waals surface area (Å²) in [6.07, 6.45) is 7.17. The van der Waals surface area contributed by atoms with Crippen molar-refractivity contribution in [3.63, 3.8) is 0 Å². The Morgan fingerprint density at radius 2 is 2.25 bits per heavy atom. The molecular weight excluding hydrogens is 200 g/mol. The second-order valence-electron chi connectivity index (χ2n) is 4.90. The van der Waals surface area contributed by atoms with Crippen LogP contribution in [0.2, 0.25) is 0 Å². The van der Waals surface area contributed by atoms with Crippen LogP contribution in [0.25, 0.3) is 0 Å². The average molecular weight is 218 g/mol. The first kappa shape index (κ1) is 10.2. The van der Waals surface area contributed by atoms with Crippen molar-refractivity contribution in [1.29, 1.82) is 0 Å². The van der Waals surface area contributed by atoms with Crippen molar-refractivity contribution in [3.05, 3.63) is 30.1 Å². The Balaban J connectivity index is 1.82. The average Bonchev–Trinajstić information content (AvgIpc) is 2.73. The molecule has 3 rings (SSSR count). The molecule has 4 nitrogen and oxygen atoms in total. The summed E-state index contributed by atoms with van der Waals surface area (Å²) in [6, 6.07) is 5.43. The van der Waals surface area contributed by atoms with Gasteiger partial charge in [0, 0.05) is 24.5 Å². The highest BCUT2D eigenvalue weighted by Crippen LogP contribution is 2.37. The van der Waals surface area contributed by atoms with Gasteiger partial charge in [0.15, 0.2) is 0 Å². The minimum atomic E-state index is 0.363. The maximum Gasteiger partial charge on any atom is 0.0521 e. The number of rotatable bonds is 1. The van der Waals surface area contributed by atoms with Gasteiger partial charge in [0.2, 0.25) is 0 Å². The minimum Gasteiger partial charge on any atom is -0.328 e. The van der Waals surface area contributed by atoms with Crippen molar-refractivity contribution in [2.24, 2.45) is 11.7 Å². The molecule has 1 aliphatic heterocycles. The summed E-state index contributed by atoms with van der Waals surface area (Å²) in [5.41, 5.74) is 14.1. The first-order chi connectivity index (χ1) is 7.84. The number of fused-ring (bicyclic) bond motifs is 1. The topological polar surface area (TPSA) is 63.0 Å². The predicted octanol–water partition coefficient (Wildman–Crippen LogP) is 0.726. The van der Waals surface area contributed by atoms with E-state index >= 15 is 0 Å². The second-order valence-corrected chi connectivity index (χ2v) is 4.90. The SMILES string of the molecule is NC1CCC2NNC(c3cccnc3)C2C1. The number of hydrazine groups is 1. The largest absolute Gasteiger partial charge is 0.328 e. The van der Waals surface area contributed by atoms with Gasteiger partial charge in [-0.3, -0.25) is 10.4 Å². The highest BCUT2D eigenvalue weighted by atomic mass is 15.4. The Kier molecular flexibility index (Phi) is 2.63. The zero-order chi connectivity index (χ0) is 11.0. The predicted molar refractivity (Wildman–Crippen MR) is 62.4 cm³/mol. The van der Waals surface area contributed by atoms with Crippen LogP contribution in [0, 0.1) is 5.92 Å². The van der Waals surface area contributed by atoms with Crippen LogP contribution in [0.4, 0.5) is 0 Å². The number of nitrogens with zero attached hydrogens (tertiary/aromatic N) is 1. The third-order valence-electron chi connectivity index (χ3n) is 3.84. The van der Waals surface area contributed by atoms with Crippen LogP contribution in [0.1, 0.15) is 30.9 Å². The van der Waals surface area contributed by atoms with Crippen LogP contribution in [-0.4, -0.2) is 17.1 Å². The van der Waals surface area contributed by atoms with Gasteiger partial charge in [0.25, 0.3) is 0 Å². The summed E-state index contributed by atoms with van der Waals surface area (Å²) in [5.74, 6) is 0.605. The van der Waals surface area contributed by atoms with Crippen molar-refractivity contribution >= 4 is 0 Å². The van der Waals surface area contributed by atoms with Gasteiger partial charge in [-0.2, -0.15) is 0 Å². The maximum atomic E-state index is 6.06. The van der Waals surface area contributed by atoms with Gasteiger partial charge in [-0.15, -0.1) is 0 Å². The van der Waals surface area contributed by atoms with E-state index in [0.29, 0.717) is 24.0 Å². The number of pyridine rings is 1. The van der Waals surface area contributed by atoms with Crippen molar-refractivity contribution in [3.8, 4) is 0 Å². The lowest BCUT2D eigenvalue weighted by atomic mass is 9.78. The third kappa shape index (κ3) is 1.73. The van der Waals surface area contributed by atoms with Gasteiger partial charge in [0.05, 0.1) is 6.04 Å². The molecule has 4 N–H and O–H groups in total. The zero-order valence-corrected chi connectivity index (χ0v) is 9.26. The Labute approximate surface area is 95.6 Å². The lowest BCUT2D eigenvalue weighted by Crippen LogP contribution is -2.39. The molecule has 0 spiro atoms. The molecule has 0 bridgehead atoms. The van der Waals surface area contributed by atoms with Crippen molar-refractivity contribution in [2.75, 3.05) is 0 Å². The van der Waals surface area contributed by atoms with E-state index in [9.17, 15) is 0 Å². The molecule has 0 amide bonds. The molecule has 86 valence electrons. The van der Waals surface area contributed by atoms with Crippen LogP contribution in [0.3, 0.4) is 0 Å². The first-order valence-electron chi connectivity index (χ1n) is 6.01. The first-order valence-corrected chi connectivity index (χ1v) is 6.01. The zero-order valence-electron chi connectivity index (χ0n) is 9.26. The number of hydrogen-bond acceptors (Lipinski definition) is 4. The summed E-state index contributed by atoms with van der Waals surface area (Å²) in [4.78, 5) is 4.19. The Hall–Kier alpha value is -0.970. The smallest absolute Gasteiger partial charge is 0.0521 e. The molecule has 1 aromatic rings. The number of nitrogens with two attached hydrogens (primary N) is 1. The normalized spacial score (nSPS) is 38.3. The number of aromatic nitrogens is 1. The highest BCUT2D eigenvalue weighted by molar-refractivity contribution is 5.18. The van der Waals surface area contributed by atoms with E-state index in [2.05, 4.69) is 21.9 Å². The van der Waals surface area contributed by atoms with E-state index in [0.717, 1.165) is 12.8 Å². The van der Waals surface area contributed by atoms with Crippen LogP contribution in [0.15, 0.2) is 24.5 Å². The van der Waals surface area contributed by atoms with E-state index in [4.69, 9.17) is 5.73 Å². The molecule has 4 unspecified atom stereocenters. The molecule has 4 atom stereocenters. The number of nitrogens with one attached hydrogen (secondary N) is 2. The molecule has 0 radical (unpaired) electrons. The summed E-state index contributed by atoms with van der Waals surface area (Å²) in [6.45, 7) is 0. The molecule has 1 saturated heterocycles. The molecule has 1 saturated carbocycles. The van der Waals surface area contributed by atoms with Crippen LogP contribution < -0.4 is 16.6 Å². The Morgan fingerprint density at radius 3 is 3.06 bits per heavy atom. The molecule has 2 fully saturated rings. The molecule has 2 aliphatic rings. The lowest BCUT2D eigenvalue weighted by Gasteiger charge is -2.31. The fourth-order valence-corrected chi connectivity index (χ4v) is 2.98. The summed E-state index contributed by atoms with van der Waals surface area (Å²) >= 11 is 0. The van der Waals surface area contributed by atoms with Gasteiger partial charge in [0.1, 0.15) is 0 Å². The summed E-state index contributed by atoms with van der Waals surface area (Å²) < 4.78 is 0. The molecule has 16 heavy (non-hydrogen) atoms. The van der Waals surface area contributed by atoms with Gasteiger partial charge in [-0.1, -0.05) is 6.07 Å². The van der Waals surface area contributed by atoms with E-state index in [-0.39, 0.29) is 0 Å². The Bertz CT molecular complexity index is 353. The lowest BCUT2D eigenvalue weighted by molar-refractivity contribution is 0.278.